The smallest absolute Gasteiger partial charge is 0.156 e. The molecule has 0 bridgehead atoms. The van der Waals surface area contributed by atoms with Crippen molar-refractivity contribution in [1.82, 2.24) is 0 Å². The average Bonchev–Trinajstić information content (AvgIpc) is 1.95. The van der Waals surface area contributed by atoms with E-state index < -0.39 is 0 Å². The van der Waals surface area contributed by atoms with Crippen LogP contribution in [0.5, 0.6) is 0 Å². The standard InChI is InChI=1S/C12H16O2/c1-8-5-10(14)7-12(3,4)11(8)6-9(2)13/h5-6H,7H2,1-4H3/b11-6+. The fraction of sp³-hybridized carbons (Fsp3) is 0.500. The summed E-state index contributed by atoms with van der Waals surface area (Å²) in [6.07, 6.45) is 3.75. The van der Waals surface area contributed by atoms with Crippen LogP contribution in [0.4, 0.5) is 0 Å². The first-order chi connectivity index (χ1) is 6.33. The quantitative estimate of drug-likeness (QED) is 0.598. The van der Waals surface area contributed by atoms with E-state index in [9.17, 15) is 9.59 Å². The van der Waals surface area contributed by atoms with Crippen molar-refractivity contribution in [3.63, 3.8) is 0 Å². The molecule has 14 heavy (non-hydrogen) atoms. The minimum Gasteiger partial charge on any atom is -0.295 e. The summed E-state index contributed by atoms with van der Waals surface area (Å²) in [5.41, 5.74) is 1.70. The van der Waals surface area contributed by atoms with E-state index >= 15 is 0 Å². The number of rotatable bonds is 1. The van der Waals surface area contributed by atoms with Gasteiger partial charge in [-0.05, 0) is 42.6 Å². The molecule has 0 saturated heterocycles. The molecule has 76 valence electrons. The van der Waals surface area contributed by atoms with Crippen molar-refractivity contribution in [3.8, 4) is 0 Å². The third kappa shape index (κ3) is 2.19. The third-order valence-corrected chi connectivity index (χ3v) is 2.50. The van der Waals surface area contributed by atoms with E-state index in [4.69, 9.17) is 0 Å². The molecule has 0 saturated carbocycles. The monoisotopic (exact) mass is 192 g/mol. The van der Waals surface area contributed by atoms with Crippen LogP contribution in [0.3, 0.4) is 0 Å². The first kappa shape index (κ1) is 10.9. The number of hydrogen-bond acceptors (Lipinski definition) is 2. The number of hydrogen-bond donors (Lipinski definition) is 0. The van der Waals surface area contributed by atoms with Crippen molar-refractivity contribution < 1.29 is 9.59 Å². The Morgan fingerprint density at radius 1 is 1.50 bits per heavy atom. The first-order valence-electron chi connectivity index (χ1n) is 4.77. The van der Waals surface area contributed by atoms with Crippen LogP contribution in [0.2, 0.25) is 0 Å². The minimum atomic E-state index is -0.207. The van der Waals surface area contributed by atoms with Crippen LogP contribution in [0.1, 0.15) is 34.1 Å². The zero-order chi connectivity index (χ0) is 10.9. The highest BCUT2D eigenvalue weighted by Crippen LogP contribution is 2.38. The number of carbonyl (C=O) groups excluding carboxylic acids is 2. The summed E-state index contributed by atoms with van der Waals surface area (Å²) < 4.78 is 0. The summed E-state index contributed by atoms with van der Waals surface area (Å²) in [7, 11) is 0. The van der Waals surface area contributed by atoms with Crippen LogP contribution in [-0.2, 0) is 9.59 Å². The molecule has 1 aliphatic rings. The summed E-state index contributed by atoms with van der Waals surface area (Å²) in [4.78, 5) is 22.4. The van der Waals surface area contributed by atoms with Crippen LogP contribution in [0.25, 0.3) is 0 Å². The molecule has 0 amide bonds. The van der Waals surface area contributed by atoms with Gasteiger partial charge in [0, 0.05) is 6.42 Å². The van der Waals surface area contributed by atoms with Gasteiger partial charge in [-0.3, -0.25) is 9.59 Å². The van der Waals surface area contributed by atoms with E-state index in [1.165, 1.54) is 6.92 Å². The van der Waals surface area contributed by atoms with Gasteiger partial charge in [-0.25, -0.2) is 0 Å². The second-order valence-electron chi connectivity index (χ2n) is 4.52. The summed E-state index contributed by atoms with van der Waals surface area (Å²) in [6, 6.07) is 0. The number of carbonyl (C=O) groups is 2. The first-order valence-corrected chi connectivity index (χ1v) is 4.77. The zero-order valence-corrected chi connectivity index (χ0v) is 9.18. The summed E-state index contributed by atoms with van der Waals surface area (Å²) in [5, 5.41) is 0. The van der Waals surface area contributed by atoms with E-state index in [1.807, 2.05) is 20.8 Å². The molecule has 0 spiro atoms. The predicted molar refractivity (Wildman–Crippen MR) is 55.9 cm³/mol. The lowest BCUT2D eigenvalue weighted by Crippen LogP contribution is -2.24. The Kier molecular flexibility index (Phi) is 2.74. The predicted octanol–water partition coefficient (Wildman–Crippen LogP) is 2.45. The highest BCUT2D eigenvalue weighted by Gasteiger charge is 2.30. The Hall–Kier alpha value is -1.18. The van der Waals surface area contributed by atoms with Crippen LogP contribution < -0.4 is 0 Å². The van der Waals surface area contributed by atoms with Crippen LogP contribution in [-0.4, -0.2) is 11.6 Å². The van der Waals surface area contributed by atoms with Gasteiger partial charge in [0.2, 0.25) is 0 Å². The molecular formula is C12H16O2. The molecule has 0 fully saturated rings. The molecule has 0 aromatic heterocycles. The minimum absolute atomic E-state index is 0.0372. The summed E-state index contributed by atoms with van der Waals surface area (Å²) >= 11 is 0. The molecule has 1 rings (SSSR count). The van der Waals surface area contributed by atoms with Gasteiger partial charge >= 0.3 is 0 Å². The molecule has 0 heterocycles. The van der Waals surface area contributed by atoms with Gasteiger partial charge in [0.05, 0.1) is 0 Å². The van der Waals surface area contributed by atoms with Crippen molar-refractivity contribution in [1.29, 1.82) is 0 Å². The molecule has 0 radical (unpaired) electrons. The Labute approximate surface area is 84.7 Å². The Morgan fingerprint density at radius 2 is 2.07 bits per heavy atom. The molecule has 0 N–H and O–H groups in total. The van der Waals surface area contributed by atoms with Gasteiger partial charge in [0.25, 0.3) is 0 Å². The highest BCUT2D eigenvalue weighted by atomic mass is 16.1. The molecule has 2 heteroatoms. The van der Waals surface area contributed by atoms with E-state index in [-0.39, 0.29) is 17.0 Å². The molecule has 0 aliphatic heterocycles. The second-order valence-corrected chi connectivity index (χ2v) is 4.52. The van der Waals surface area contributed by atoms with Crippen molar-refractivity contribution in [2.45, 2.75) is 34.1 Å². The normalized spacial score (nSPS) is 23.6. The molecule has 1 aliphatic carbocycles. The maximum Gasteiger partial charge on any atom is 0.156 e. The number of ketones is 2. The van der Waals surface area contributed by atoms with Gasteiger partial charge < -0.3 is 0 Å². The zero-order valence-electron chi connectivity index (χ0n) is 9.18. The van der Waals surface area contributed by atoms with Crippen molar-refractivity contribution in [2.24, 2.45) is 5.41 Å². The maximum atomic E-state index is 11.3. The lowest BCUT2D eigenvalue weighted by molar-refractivity contribution is -0.116. The molecule has 0 aromatic rings. The van der Waals surface area contributed by atoms with E-state index in [1.54, 1.807) is 12.2 Å². The van der Waals surface area contributed by atoms with E-state index in [0.29, 0.717) is 6.42 Å². The molecule has 2 nitrogen and oxygen atoms in total. The molecule has 0 unspecified atom stereocenters. The van der Waals surface area contributed by atoms with Gasteiger partial charge in [0.1, 0.15) is 0 Å². The fourth-order valence-electron chi connectivity index (χ4n) is 1.95. The van der Waals surface area contributed by atoms with Crippen molar-refractivity contribution >= 4 is 11.6 Å². The van der Waals surface area contributed by atoms with Crippen molar-refractivity contribution in [2.75, 3.05) is 0 Å². The molecule has 0 atom stereocenters. The Balaban J connectivity index is 3.20. The SMILES string of the molecule is CC(=O)/C=C1\C(C)=CC(=O)CC1(C)C. The largest absolute Gasteiger partial charge is 0.295 e. The number of allylic oxidation sites excluding steroid dienone is 4. The Morgan fingerprint density at radius 3 is 2.50 bits per heavy atom. The topological polar surface area (TPSA) is 34.1 Å². The van der Waals surface area contributed by atoms with Gasteiger partial charge in [0.15, 0.2) is 11.6 Å². The van der Waals surface area contributed by atoms with E-state index in [0.717, 1.165) is 11.1 Å². The lowest BCUT2D eigenvalue weighted by Gasteiger charge is -2.31. The van der Waals surface area contributed by atoms with E-state index in [2.05, 4.69) is 0 Å². The van der Waals surface area contributed by atoms with Crippen LogP contribution >= 0.6 is 0 Å². The maximum absolute atomic E-state index is 11.3. The fourth-order valence-corrected chi connectivity index (χ4v) is 1.95. The summed E-state index contributed by atoms with van der Waals surface area (Å²) in [5.74, 6) is 0.184. The van der Waals surface area contributed by atoms with Gasteiger partial charge in [-0.15, -0.1) is 0 Å². The Bertz CT molecular complexity index is 343. The van der Waals surface area contributed by atoms with Gasteiger partial charge in [-0.2, -0.15) is 0 Å². The van der Waals surface area contributed by atoms with Gasteiger partial charge in [-0.1, -0.05) is 13.8 Å². The third-order valence-electron chi connectivity index (χ3n) is 2.50. The highest BCUT2D eigenvalue weighted by molar-refractivity contribution is 5.96. The van der Waals surface area contributed by atoms with Crippen LogP contribution in [0.15, 0.2) is 23.3 Å². The van der Waals surface area contributed by atoms with Crippen molar-refractivity contribution in [3.05, 3.63) is 23.3 Å². The second kappa shape index (κ2) is 3.52. The molecular weight excluding hydrogens is 176 g/mol. The van der Waals surface area contributed by atoms with Crippen LogP contribution in [0, 0.1) is 5.41 Å². The lowest BCUT2D eigenvalue weighted by atomic mass is 9.72. The average molecular weight is 192 g/mol. The molecule has 0 aromatic carbocycles. The summed E-state index contributed by atoms with van der Waals surface area (Å²) in [6.45, 7) is 7.41.